The number of nitrogens with one attached hydrogen (secondary N) is 1. The van der Waals surface area contributed by atoms with Gasteiger partial charge < -0.3 is 10.1 Å². The zero-order valence-corrected chi connectivity index (χ0v) is 13.4. The van der Waals surface area contributed by atoms with Gasteiger partial charge in [-0.25, -0.2) is 0 Å². The number of benzene rings is 1. The lowest BCUT2D eigenvalue weighted by Crippen LogP contribution is -2.60. The van der Waals surface area contributed by atoms with E-state index in [9.17, 15) is 4.79 Å². The van der Waals surface area contributed by atoms with Crippen molar-refractivity contribution in [3.63, 3.8) is 0 Å². The lowest BCUT2D eigenvalue weighted by atomic mass is 9.53. The van der Waals surface area contributed by atoms with Crippen LogP contribution >= 0.6 is 0 Å². The first-order valence-corrected chi connectivity index (χ1v) is 8.94. The summed E-state index contributed by atoms with van der Waals surface area (Å²) in [6, 6.07) is 7.91. The van der Waals surface area contributed by atoms with E-state index < -0.39 is 0 Å². The van der Waals surface area contributed by atoms with Crippen LogP contribution in [0.2, 0.25) is 0 Å². The highest BCUT2D eigenvalue weighted by Crippen LogP contribution is 2.55. The molecule has 23 heavy (non-hydrogen) atoms. The van der Waals surface area contributed by atoms with Crippen LogP contribution in [0.15, 0.2) is 29.8 Å². The van der Waals surface area contributed by atoms with E-state index >= 15 is 0 Å². The third-order valence-corrected chi connectivity index (χ3v) is 6.34. The van der Waals surface area contributed by atoms with Crippen molar-refractivity contribution in [2.45, 2.75) is 44.1 Å². The van der Waals surface area contributed by atoms with E-state index in [1.807, 2.05) is 30.3 Å². The third kappa shape index (κ3) is 2.29. The fourth-order valence-corrected chi connectivity index (χ4v) is 5.83. The Kier molecular flexibility index (Phi) is 2.88. The van der Waals surface area contributed by atoms with E-state index in [1.165, 1.54) is 38.5 Å². The number of hydrogen-bond donors (Lipinski definition) is 1. The molecule has 5 aliphatic rings. The molecule has 4 saturated carbocycles. The van der Waals surface area contributed by atoms with E-state index in [-0.39, 0.29) is 11.4 Å². The maximum atomic E-state index is 12.8. The van der Waals surface area contributed by atoms with Crippen LogP contribution in [0.1, 0.15) is 44.1 Å². The van der Waals surface area contributed by atoms with Gasteiger partial charge in [0.2, 0.25) is 0 Å². The van der Waals surface area contributed by atoms with Gasteiger partial charge >= 0.3 is 0 Å². The highest BCUT2D eigenvalue weighted by Gasteiger charge is 2.51. The van der Waals surface area contributed by atoms with Crippen LogP contribution in [-0.2, 0) is 4.79 Å². The van der Waals surface area contributed by atoms with Crippen molar-refractivity contribution in [1.82, 2.24) is 5.32 Å². The first kappa shape index (κ1) is 13.6. The number of fused-ring (bicyclic) bond motifs is 1. The number of carbonyl (C=O) groups is 1. The molecule has 1 heterocycles. The minimum atomic E-state index is 0.0731. The van der Waals surface area contributed by atoms with Gasteiger partial charge in [0.05, 0.1) is 5.57 Å². The summed E-state index contributed by atoms with van der Waals surface area (Å²) in [6.07, 6.45) is 9.76. The molecule has 0 saturated heterocycles. The van der Waals surface area contributed by atoms with Gasteiger partial charge in [-0.3, -0.25) is 4.79 Å². The predicted molar refractivity (Wildman–Crippen MR) is 89.0 cm³/mol. The van der Waals surface area contributed by atoms with E-state index in [0.717, 1.165) is 34.6 Å². The van der Waals surface area contributed by atoms with Crippen molar-refractivity contribution in [1.29, 1.82) is 0 Å². The second-order valence-corrected chi connectivity index (χ2v) is 8.15. The van der Waals surface area contributed by atoms with Crippen molar-refractivity contribution in [2.24, 2.45) is 17.8 Å². The first-order chi connectivity index (χ1) is 11.2. The van der Waals surface area contributed by atoms with E-state index in [4.69, 9.17) is 4.74 Å². The molecule has 3 heteroatoms. The molecule has 0 spiro atoms. The van der Waals surface area contributed by atoms with Crippen molar-refractivity contribution < 1.29 is 9.53 Å². The van der Waals surface area contributed by atoms with E-state index in [0.29, 0.717) is 6.61 Å². The summed E-state index contributed by atoms with van der Waals surface area (Å²) >= 11 is 0. The highest BCUT2D eigenvalue weighted by atomic mass is 16.5. The van der Waals surface area contributed by atoms with Crippen molar-refractivity contribution in [2.75, 3.05) is 6.61 Å². The largest absolute Gasteiger partial charge is 0.488 e. The molecule has 1 N–H and O–H groups in total. The quantitative estimate of drug-likeness (QED) is 0.907. The van der Waals surface area contributed by atoms with Gasteiger partial charge in [-0.15, -0.1) is 0 Å². The van der Waals surface area contributed by atoms with Gasteiger partial charge in [-0.2, -0.15) is 0 Å². The van der Waals surface area contributed by atoms with Crippen LogP contribution in [0.25, 0.3) is 6.08 Å². The zero-order chi connectivity index (χ0) is 15.4. The molecule has 1 amide bonds. The minimum Gasteiger partial charge on any atom is -0.488 e. The molecule has 120 valence electrons. The van der Waals surface area contributed by atoms with Gasteiger partial charge in [0.15, 0.2) is 0 Å². The molecule has 1 aliphatic heterocycles. The number of carbonyl (C=O) groups excluding carboxylic acids is 1. The Hall–Kier alpha value is -1.77. The van der Waals surface area contributed by atoms with Crippen molar-refractivity contribution in [3.8, 4) is 5.75 Å². The Morgan fingerprint density at radius 1 is 1.04 bits per heavy atom. The number of hydrogen-bond acceptors (Lipinski definition) is 2. The SMILES string of the molecule is O=C(NC12CC3CC(CC(C3)C1)C2)C1=Cc2ccccc2OC1. The second-order valence-electron chi connectivity index (χ2n) is 8.15. The summed E-state index contributed by atoms with van der Waals surface area (Å²) in [5, 5.41) is 3.44. The van der Waals surface area contributed by atoms with E-state index in [2.05, 4.69) is 5.32 Å². The van der Waals surface area contributed by atoms with Crippen LogP contribution in [0.5, 0.6) is 5.75 Å². The van der Waals surface area contributed by atoms with Gasteiger partial charge in [0.1, 0.15) is 12.4 Å². The standard InChI is InChI=1S/C20H23NO2/c22-19(17-8-16-3-1-2-4-18(16)23-12-17)21-20-9-13-5-14(10-20)7-15(6-13)11-20/h1-4,8,13-15H,5-7,9-12H2,(H,21,22). The smallest absolute Gasteiger partial charge is 0.251 e. The average Bonchev–Trinajstić information content (AvgIpc) is 2.52. The maximum absolute atomic E-state index is 12.8. The molecule has 4 bridgehead atoms. The Labute approximate surface area is 137 Å². The molecule has 6 rings (SSSR count). The topological polar surface area (TPSA) is 38.3 Å². The fourth-order valence-electron chi connectivity index (χ4n) is 5.83. The van der Waals surface area contributed by atoms with Gasteiger partial charge in [-0.1, -0.05) is 18.2 Å². The average molecular weight is 309 g/mol. The summed E-state index contributed by atoms with van der Waals surface area (Å²) in [4.78, 5) is 12.8. The highest BCUT2D eigenvalue weighted by molar-refractivity contribution is 5.99. The monoisotopic (exact) mass is 309 g/mol. The number of rotatable bonds is 2. The van der Waals surface area contributed by atoms with E-state index in [1.54, 1.807) is 0 Å². The van der Waals surface area contributed by atoms with Gasteiger partial charge in [-0.05, 0) is 68.4 Å². The van der Waals surface area contributed by atoms with Crippen molar-refractivity contribution in [3.05, 3.63) is 35.4 Å². The number of para-hydroxylation sites is 1. The molecule has 0 unspecified atom stereocenters. The molecular formula is C20H23NO2. The first-order valence-electron chi connectivity index (χ1n) is 8.94. The summed E-state index contributed by atoms with van der Waals surface area (Å²) in [7, 11) is 0. The molecule has 3 nitrogen and oxygen atoms in total. The Morgan fingerprint density at radius 2 is 1.70 bits per heavy atom. The fraction of sp³-hybridized carbons (Fsp3) is 0.550. The molecule has 4 aliphatic carbocycles. The lowest BCUT2D eigenvalue weighted by Gasteiger charge is -2.57. The maximum Gasteiger partial charge on any atom is 0.251 e. The van der Waals surface area contributed by atoms with Crippen LogP contribution in [0.3, 0.4) is 0 Å². The zero-order valence-electron chi connectivity index (χ0n) is 13.4. The summed E-state index contributed by atoms with van der Waals surface area (Å²) in [5.41, 5.74) is 1.85. The summed E-state index contributed by atoms with van der Waals surface area (Å²) in [5.74, 6) is 3.50. The van der Waals surface area contributed by atoms with Crippen LogP contribution in [0, 0.1) is 17.8 Å². The summed E-state index contributed by atoms with van der Waals surface area (Å²) < 4.78 is 5.75. The molecule has 4 fully saturated rings. The molecule has 0 atom stereocenters. The molecule has 0 aromatic heterocycles. The number of amides is 1. The Morgan fingerprint density at radius 3 is 2.39 bits per heavy atom. The minimum absolute atomic E-state index is 0.0731. The summed E-state index contributed by atoms with van der Waals surface area (Å²) in [6.45, 7) is 0.384. The Balaban J connectivity index is 1.37. The number of ether oxygens (including phenoxy) is 1. The second kappa shape index (κ2) is 4.86. The van der Waals surface area contributed by atoms with Gasteiger partial charge in [0.25, 0.3) is 5.91 Å². The molecular weight excluding hydrogens is 286 g/mol. The van der Waals surface area contributed by atoms with Crippen LogP contribution in [-0.4, -0.2) is 18.1 Å². The van der Waals surface area contributed by atoms with Crippen molar-refractivity contribution >= 4 is 12.0 Å². The normalized spacial score (nSPS) is 36.9. The lowest BCUT2D eigenvalue weighted by molar-refractivity contribution is -0.123. The molecule has 1 aromatic carbocycles. The predicted octanol–water partition coefficient (Wildman–Crippen LogP) is 3.55. The van der Waals surface area contributed by atoms with Gasteiger partial charge in [0, 0.05) is 11.1 Å². The van der Waals surface area contributed by atoms with Crippen LogP contribution < -0.4 is 10.1 Å². The molecule has 1 aromatic rings. The third-order valence-electron chi connectivity index (χ3n) is 6.34. The Bertz CT molecular complexity index is 655. The van der Waals surface area contributed by atoms with Crippen LogP contribution in [0.4, 0.5) is 0 Å². The molecule has 0 radical (unpaired) electrons.